The number of carbonyl (C=O) groups is 1. The van der Waals surface area contributed by atoms with Crippen molar-refractivity contribution in [2.24, 2.45) is 5.92 Å². The summed E-state index contributed by atoms with van der Waals surface area (Å²) < 4.78 is 6.31. The van der Waals surface area contributed by atoms with Gasteiger partial charge in [0, 0.05) is 11.6 Å². The molecule has 21 heavy (non-hydrogen) atoms. The third kappa shape index (κ3) is 5.02. The van der Waals surface area contributed by atoms with Crippen molar-refractivity contribution < 1.29 is 9.53 Å². The van der Waals surface area contributed by atoms with Gasteiger partial charge in [0.2, 0.25) is 5.91 Å². The lowest BCUT2D eigenvalue weighted by Gasteiger charge is -2.22. The second kappa shape index (κ2) is 8.83. The van der Waals surface area contributed by atoms with Crippen LogP contribution in [0.4, 0.5) is 5.69 Å². The van der Waals surface area contributed by atoms with E-state index in [1.165, 1.54) is 0 Å². The van der Waals surface area contributed by atoms with Gasteiger partial charge < -0.3 is 15.4 Å². The zero-order valence-corrected chi connectivity index (χ0v) is 14.9. The van der Waals surface area contributed by atoms with Crippen LogP contribution in [0, 0.1) is 5.92 Å². The van der Waals surface area contributed by atoms with Crippen molar-refractivity contribution in [2.45, 2.75) is 19.8 Å². The number of halogens is 3. The van der Waals surface area contributed by atoms with E-state index in [4.69, 9.17) is 16.3 Å². The van der Waals surface area contributed by atoms with Crippen LogP contribution >= 0.6 is 39.9 Å². The maximum atomic E-state index is 12.3. The summed E-state index contributed by atoms with van der Waals surface area (Å²) in [5, 5.41) is 6.72. The third-order valence-corrected chi connectivity index (χ3v) is 4.03. The first-order chi connectivity index (χ1) is 9.61. The molecule has 1 heterocycles. The zero-order chi connectivity index (χ0) is 14.5. The lowest BCUT2D eigenvalue weighted by molar-refractivity contribution is -0.120. The van der Waals surface area contributed by atoms with E-state index in [0.717, 1.165) is 30.4 Å². The van der Waals surface area contributed by atoms with E-state index in [2.05, 4.69) is 26.6 Å². The summed E-state index contributed by atoms with van der Waals surface area (Å²) in [7, 11) is 0. The minimum atomic E-state index is -0.00372. The number of anilines is 1. The summed E-state index contributed by atoms with van der Waals surface area (Å²) >= 11 is 9.45. The number of hydrogen-bond donors (Lipinski definition) is 2. The first-order valence-electron chi connectivity index (χ1n) is 6.75. The van der Waals surface area contributed by atoms with Crippen LogP contribution < -0.4 is 15.4 Å². The van der Waals surface area contributed by atoms with E-state index in [1.54, 1.807) is 12.1 Å². The van der Waals surface area contributed by atoms with Gasteiger partial charge in [0.25, 0.3) is 0 Å². The lowest BCUT2D eigenvalue weighted by Crippen LogP contribution is -2.37. The topological polar surface area (TPSA) is 50.4 Å². The summed E-state index contributed by atoms with van der Waals surface area (Å²) in [6.45, 7) is 4.13. The number of benzene rings is 1. The molecule has 2 rings (SSSR count). The number of hydrogen-bond acceptors (Lipinski definition) is 3. The Hall–Kier alpha value is -0.490. The van der Waals surface area contributed by atoms with Crippen LogP contribution in [0.1, 0.15) is 19.8 Å². The van der Waals surface area contributed by atoms with E-state index in [1.807, 2.05) is 6.92 Å². The highest BCUT2D eigenvalue weighted by molar-refractivity contribution is 9.10. The number of rotatable bonds is 4. The molecule has 1 aliphatic rings. The Morgan fingerprint density at radius 3 is 2.95 bits per heavy atom. The van der Waals surface area contributed by atoms with Crippen molar-refractivity contribution in [3.63, 3.8) is 0 Å². The van der Waals surface area contributed by atoms with Crippen molar-refractivity contribution in [3.05, 3.63) is 21.6 Å². The van der Waals surface area contributed by atoms with Crippen LogP contribution in [0.3, 0.4) is 0 Å². The minimum absolute atomic E-state index is 0. The molecule has 1 amide bonds. The standard InChI is InChI=1S/C14H18BrClN2O2.ClH/c1-2-20-13-11(15)6-10(16)7-12(13)18-14(19)9-4-3-5-17-8-9;/h6-7,9,17H,2-5,8H2,1H3,(H,18,19);1H/t9-;/m1./s1. The number of carbonyl (C=O) groups excluding carboxylic acids is 1. The van der Waals surface area contributed by atoms with Crippen LogP contribution in [-0.4, -0.2) is 25.6 Å². The molecule has 1 fully saturated rings. The lowest BCUT2D eigenvalue weighted by atomic mass is 9.99. The van der Waals surface area contributed by atoms with Crippen LogP contribution in [-0.2, 0) is 4.79 Å². The van der Waals surface area contributed by atoms with Crippen molar-refractivity contribution in [3.8, 4) is 5.75 Å². The van der Waals surface area contributed by atoms with Crippen molar-refractivity contribution in [2.75, 3.05) is 25.0 Å². The Morgan fingerprint density at radius 1 is 1.57 bits per heavy atom. The van der Waals surface area contributed by atoms with Crippen LogP contribution in [0.15, 0.2) is 16.6 Å². The quantitative estimate of drug-likeness (QED) is 0.810. The summed E-state index contributed by atoms with van der Waals surface area (Å²) in [5.74, 6) is 0.623. The predicted molar refractivity (Wildman–Crippen MR) is 91.8 cm³/mol. The fraction of sp³-hybridized carbons (Fsp3) is 0.500. The molecule has 0 saturated carbocycles. The molecule has 0 bridgehead atoms. The molecule has 0 aliphatic carbocycles. The monoisotopic (exact) mass is 396 g/mol. The first-order valence-corrected chi connectivity index (χ1v) is 7.92. The van der Waals surface area contributed by atoms with Gasteiger partial charge in [-0.3, -0.25) is 4.79 Å². The van der Waals surface area contributed by atoms with Gasteiger partial charge in [0.05, 0.1) is 22.7 Å². The Morgan fingerprint density at radius 2 is 2.33 bits per heavy atom. The number of piperidine rings is 1. The molecule has 0 unspecified atom stereocenters. The van der Waals surface area contributed by atoms with E-state index in [0.29, 0.717) is 23.1 Å². The van der Waals surface area contributed by atoms with Crippen molar-refractivity contribution >= 4 is 51.5 Å². The third-order valence-electron chi connectivity index (χ3n) is 3.22. The Labute approximate surface area is 144 Å². The minimum Gasteiger partial charge on any atom is -0.491 e. The van der Waals surface area contributed by atoms with Gasteiger partial charge in [-0.25, -0.2) is 0 Å². The number of nitrogens with one attached hydrogen (secondary N) is 2. The molecule has 0 aromatic heterocycles. The van der Waals surface area contributed by atoms with Gasteiger partial charge in [-0.05, 0) is 54.4 Å². The second-order valence-electron chi connectivity index (χ2n) is 4.73. The smallest absolute Gasteiger partial charge is 0.228 e. The molecule has 0 spiro atoms. The highest BCUT2D eigenvalue weighted by Crippen LogP contribution is 2.37. The normalized spacial score (nSPS) is 17.8. The number of ether oxygens (including phenoxy) is 1. The van der Waals surface area contributed by atoms with E-state index in [9.17, 15) is 4.79 Å². The maximum absolute atomic E-state index is 12.3. The van der Waals surface area contributed by atoms with Crippen LogP contribution in [0.5, 0.6) is 5.75 Å². The van der Waals surface area contributed by atoms with Crippen LogP contribution in [0.2, 0.25) is 5.02 Å². The van der Waals surface area contributed by atoms with Gasteiger partial charge in [0.15, 0.2) is 5.75 Å². The predicted octanol–water partition coefficient (Wildman–Crippen LogP) is 3.86. The Balaban J connectivity index is 0.00000220. The summed E-state index contributed by atoms with van der Waals surface area (Å²) in [6.07, 6.45) is 1.93. The van der Waals surface area contributed by atoms with Gasteiger partial charge in [-0.2, -0.15) is 0 Å². The fourth-order valence-corrected chi connectivity index (χ4v) is 3.18. The molecule has 1 aliphatic heterocycles. The highest BCUT2D eigenvalue weighted by atomic mass is 79.9. The van der Waals surface area contributed by atoms with Gasteiger partial charge in [-0.1, -0.05) is 11.6 Å². The average Bonchev–Trinajstić information content (AvgIpc) is 2.43. The molecule has 1 saturated heterocycles. The fourth-order valence-electron chi connectivity index (χ4n) is 2.25. The zero-order valence-electron chi connectivity index (χ0n) is 11.7. The molecule has 1 aromatic carbocycles. The molecule has 1 aromatic rings. The average molecular weight is 398 g/mol. The summed E-state index contributed by atoms with van der Waals surface area (Å²) in [6, 6.07) is 3.47. The largest absolute Gasteiger partial charge is 0.491 e. The summed E-state index contributed by atoms with van der Waals surface area (Å²) in [5.41, 5.74) is 0.613. The van der Waals surface area contributed by atoms with E-state index in [-0.39, 0.29) is 24.2 Å². The van der Waals surface area contributed by atoms with Gasteiger partial charge in [-0.15, -0.1) is 12.4 Å². The van der Waals surface area contributed by atoms with Gasteiger partial charge >= 0.3 is 0 Å². The maximum Gasteiger partial charge on any atom is 0.228 e. The van der Waals surface area contributed by atoms with Gasteiger partial charge in [0.1, 0.15) is 0 Å². The SMILES string of the molecule is CCOc1c(Br)cc(Cl)cc1NC(=O)[C@@H]1CCCNC1.Cl. The van der Waals surface area contributed by atoms with E-state index < -0.39 is 0 Å². The summed E-state index contributed by atoms with van der Waals surface area (Å²) in [4.78, 5) is 12.3. The van der Waals surface area contributed by atoms with Crippen molar-refractivity contribution in [1.29, 1.82) is 0 Å². The highest BCUT2D eigenvalue weighted by Gasteiger charge is 2.22. The molecular formula is C14H19BrCl2N2O2. The number of amides is 1. The van der Waals surface area contributed by atoms with E-state index >= 15 is 0 Å². The molecule has 4 nitrogen and oxygen atoms in total. The molecule has 2 N–H and O–H groups in total. The Kier molecular flexibility index (Phi) is 7.81. The molecular weight excluding hydrogens is 379 g/mol. The molecule has 118 valence electrons. The van der Waals surface area contributed by atoms with Crippen molar-refractivity contribution in [1.82, 2.24) is 5.32 Å². The molecule has 7 heteroatoms. The molecule has 1 atom stereocenters. The molecule has 0 radical (unpaired) electrons. The first kappa shape index (κ1) is 18.6. The van der Waals surface area contributed by atoms with Crippen LogP contribution in [0.25, 0.3) is 0 Å². The Bertz CT molecular complexity index is 494. The second-order valence-corrected chi connectivity index (χ2v) is 6.02.